The van der Waals surface area contributed by atoms with Crippen LogP contribution >= 0.6 is 0 Å². The standard InChI is InChI=1S/C10H19NO5S/c12-8-10(4-1-2-5-10)7-11-17(15,16)6-3-9(13)14/h11-12H,1-8H2,(H,13,14). The molecule has 3 N–H and O–H groups in total. The molecule has 0 aromatic carbocycles. The Hall–Kier alpha value is -0.660. The second-order valence-electron chi connectivity index (χ2n) is 4.65. The van der Waals surface area contributed by atoms with Crippen LogP contribution in [0.5, 0.6) is 0 Å². The van der Waals surface area contributed by atoms with Gasteiger partial charge in [-0.2, -0.15) is 0 Å². The Morgan fingerprint density at radius 3 is 2.35 bits per heavy atom. The molecule has 1 rings (SSSR count). The van der Waals surface area contributed by atoms with Crippen molar-refractivity contribution in [2.24, 2.45) is 5.41 Å². The number of rotatable bonds is 7. The molecule has 1 fully saturated rings. The van der Waals surface area contributed by atoms with Crippen molar-refractivity contribution in [3.63, 3.8) is 0 Å². The maximum atomic E-state index is 11.5. The van der Waals surface area contributed by atoms with Gasteiger partial charge in [0.05, 0.1) is 12.2 Å². The topological polar surface area (TPSA) is 104 Å². The first-order valence-electron chi connectivity index (χ1n) is 5.69. The van der Waals surface area contributed by atoms with Gasteiger partial charge in [-0.15, -0.1) is 0 Å². The number of nitrogens with one attached hydrogen (secondary N) is 1. The molecule has 0 atom stereocenters. The number of aliphatic hydroxyl groups is 1. The maximum Gasteiger partial charge on any atom is 0.304 e. The van der Waals surface area contributed by atoms with E-state index in [4.69, 9.17) is 5.11 Å². The molecule has 0 radical (unpaired) electrons. The lowest BCUT2D eigenvalue weighted by Crippen LogP contribution is -2.39. The fourth-order valence-electron chi connectivity index (χ4n) is 2.07. The molecule has 0 bridgehead atoms. The van der Waals surface area contributed by atoms with E-state index >= 15 is 0 Å². The van der Waals surface area contributed by atoms with Crippen LogP contribution in [0.2, 0.25) is 0 Å². The molecule has 0 saturated heterocycles. The first-order valence-corrected chi connectivity index (χ1v) is 7.34. The van der Waals surface area contributed by atoms with E-state index in [1.807, 2.05) is 0 Å². The lowest BCUT2D eigenvalue weighted by atomic mass is 9.88. The van der Waals surface area contributed by atoms with Gasteiger partial charge in [0, 0.05) is 18.6 Å². The molecule has 1 aliphatic rings. The van der Waals surface area contributed by atoms with Crippen molar-refractivity contribution in [1.82, 2.24) is 4.72 Å². The fourth-order valence-corrected chi connectivity index (χ4v) is 3.19. The number of aliphatic carboxylic acids is 1. The van der Waals surface area contributed by atoms with Crippen LogP contribution in [0, 0.1) is 5.41 Å². The van der Waals surface area contributed by atoms with E-state index in [2.05, 4.69) is 4.72 Å². The predicted octanol–water partition coefficient (Wildman–Crippen LogP) is -0.0668. The number of carboxylic acids is 1. The van der Waals surface area contributed by atoms with Crippen molar-refractivity contribution >= 4 is 16.0 Å². The predicted molar refractivity (Wildman–Crippen MR) is 62.0 cm³/mol. The van der Waals surface area contributed by atoms with Crippen LogP contribution in [0.3, 0.4) is 0 Å². The Morgan fingerprint density at radius 2 is 1.88 bits per heavy atom. The number of hydrogen-bond donors (Lipinski definition) is 3. The average molecular weight is 265 g/mol. The minimum atomic E-state index is -3.55. The number of carboxylic acid groups (broad SMARTS) is 1. The third-order valence-corrected chi connectivity index (χ3v) is 4.58. The molecule has 7 heteroatoms. The van der Waals surface area contributed by atoms with Gasteiger partial charge in [-0.05, 0) is 12.8 Å². The highest BCUT2D eigenvalue weighted by Gasteiger charge is 2.34. The molecule has 6 nitrogen and oxygen atoms in total. The maximum absolute atomic E-state index is 11.5. The first kappa shape index (κ1) is 14.4. The molecule has 0 aliphatic heterocycles. The molecule has 100 valence electrons. The van der Waals surface area contributed by atoms with Crippen LogP contribution in [0.25, 0.3) is 0 Å². The Kier molecular flexibility index (Phi) is 4.91. The lowest BCUT2D eigenvalue weighted by Gasteiger charge is -2.26. The minimum Gasteiger partial charge on any atom is -0.481 e. The van der Waals surface area contributed by atoms with Crippen molar-refractivity contribution in [3.8, 4) is 0 Å². The normalized spacial score (nSPS) is 19.4. The van der Waals surface area contributed by atoms with E-state index in [1.54, 1.807) is 0 Å². The van der Waals surface area contributed by atoms with Gasteiger partial charge in [0.1, 0.15) is 0 Å². The van der Waals surface area contributed by atoms with Crippen LogP contribution in [-0.4, -0.2) is 43.5 Å². The summed E-state index contributed by atoms with van der Waals surface area (Å²) in [4.78, 5) is 10.3. The largest absolute Gasteiger partial charge is 0.481 e. The van der Waals surface area contributed by atoms with Gasteiger partial charge < -0.3 is 10.2 Å². The number of hydrogen-bond acceptors (Lipinski definition) is 4. The average Bonchev–Trinajstić information content (AvgIpc) is 2.74. The van der Waals surface area contributed by atoms with Crippen molar-refractivity contribution in [2.75, 3.05) is 18.9 Å². The Bertz CT molecular complexity index is 359. The highest BCUT2D eigenvalue weighted by molar-refractivity contribution is 7.89. The van der Waals surface area contributed by atoms with E-state index in [1.165, 1.54) is 0 Å². The second-order valence-corrected chi connectivity index (χ2v) is 6.58. The van der Waals surface area contributed by atoms with Gasteiger partial charge in [0.25, 0.3) is 0 Å². The monoisotopic (exact) mass is 265 g/mol. The molecule has 1 saturated carbocycles. The van der Waals surface area contributed by atoms with Gasteiger partial charge in [-0.3, -0.25) is 4.79 Å². The highest BCUT2D eigenvalue weighted by Crippen LogP contribution is 2.36. The summed E-state index contributed by atoms with van der Waals surface area (Å²) in [6, 6.07) is 0. The van der Waals surface area contributed by atoms with E-state index < -0.39 is 28.2 Å². The van der Waals surface area contributed by atoms with E-state index in [0.717, 1.165) is 25.7 Å². The smallest absolute Gasteiger partial charge is 0.304 e. The van der Waals surface area contributed by atoms with Crippen molar-refractivity contribution in [1.29, 1.82) is 0 Å². The minimum absolute atomic E-state index is 0.0333. The van der Waals surface area contributed by atoms with Crippen molar-refractivity contribution in [3.05, 3.63) is 0 Å². The molecule has 0 amide bonds. The quantitative estimate of drug-likeness (QED) is 0.598. The Balaban J connectivity index is 2.45. The summed E-state index contributed by atoms with van der Waals surface area (Å²) in [6.07, 6.45) is 3.21. The van der Waals surface area contributed by atoms with Crippen molar-refractivity contribution in [2.45, 2.75) is 32.1 Å². The number of sulfonamides is 1. The molecule has 1 aliphatic carbocycles. The summed E-state index contributed by atoms with van der Waals surface area (Å²) in [7, 11) is -3.55. The van der Waals surface area contributed by atoms with E-state index in [0.29, 0.717) is 0 Å². The van der Waals surface area contributed by atoms with Crippen molar-refractivity contribution < 1.29 is 23.4 Å². The third-order valence-electron chi connectivity index (χ3n) is 3.25. The van der Waals surface area contributed by atoms with Gasteiger partial charge >= 0.3 is 5.97 Å². The molecule has 0 unspecified atom stereocenters. The molecular weight excluding hydrogens is 246 g/mol. The van der Waals surface area contributed by atoms with Crippen LogP contribution in [-0.2, 0) is 14.8 Å². The van der Waals surface area contributed by atoms with Gasteiger partial charge in [-0.25, -0.2) is 13.1 Å². The summed E-state index contributed by atoms with van der Waals surface area (Å²) in [5.74, 6) is -1.54. The fraction of sp³-hybridized carbons (Fsp3) is 0.900. The van der Waals surface area contributed by atoms with E-state index in [9.17, 15) is 18.3 Å². The molecular formula is C10H19NO5S. The molecule has 0 spiro atoms. The molecule has 0 aromatic rings. The summed E-state index contributed by atoms with van der Waals surface area (Å²) in [5, 5.41) is 17.7. The van der Waals surface area contributed by atoms with Crippen LogP contribution < -0.4 is 4.72 Å². The third kappa shape index (κ3) is 4.61. The zero-order chi connectivity index (χ0) is 12.9. The number of aliphatic hydroxyl groups excluding tert-OH is 1. The van der Waals surface area contributed by atoms with Gasteiger partial charge in [0.2, 0.25) is 10.0 Å². The zero-order valence-corrected chi connectivity index (χ0v) is 10.5. The molecule has 0 aromatic heterocycles. The zero-order valence-electron chi connectivity index (χ0n) is 9.68. The molecule has 17 heavy (non-hydrogen) atoms. The second kappa shape index (κ2) is 5.79. The van der Waals surface area contributed by atoms with Crippen LogP contribution in [0.4, 0.5) is 0 Å². The SMILES string of the molecule is O=C(O)CCS(=O)(=O)NCC1(CO)CCCC1. The van der Waals surface area contributed by atoms with Gasteiger partial charge in [-0.1, -0.05) is 12.8 Å². The Morgan fingerprint density at radius 1 is 1.29 bits per heavy atom. The summed E-state index contributed by atoms with van der Waals surface area (Å²) in [5.41, 5.74) is -0.351. The van der Waals surface area contributed by atoms with Gasteiger partial charge in [0.15, 0.2) is 0 Å². The first-order chi connectivity index (χ1) is 7.89. The number of carbonyl (C=O) groups is 1. The Labute approximate surface area is 101 Å². The molecule has 0 heterocycles. The summed E-state index contributed by atoms with van der Waals surface area (Å²) < 4.78 is 25.4. The summed E-state index contributed by atoms with van der Waals surface area (Å²) in [6.45, 7) is 0.167. The van der Waals surface area contributed by atoms with Crippen LogP contribution in [0.1, 0.15) is 32.1 Å². The lowest BCUT2D eigenvalue weighted by molar-refractivity contribution is -0.136. The highest BCUT2D eigenvalue weighted by atomic mass is 32.2. The van der Waals surface area contributed by atoms with E-state index in [-0.39, 0.29) is 18.6 Å². The summed E-state index contributed by atoms with van der Waals surface area (Å²) >= 11 is 0. The van der Waals surface area contributed by atoms with Crippen LogP contribution in [0.15, 0.2) is 0 Å².